The fourth-order valence-electron chi connectivity index (χ4n) is 1.67. The topological polar surface area (TPSA) is 12.0 Å². The van der Waals surface area contributed by atoms with Crippen LogP contribution in [0.2, 0.25) is 0 Å². The van der Waals surface area contributed by atoms with Crippen molar-refractivity contribution in [2.24, 2.45) is 0 Å². The molecule has 0 fully saturated rings. The average Bonchev–Trinajstić information content (AvgIpc) is 2.29. The molecule has 0 heterocycles. The lowest BCUT2D eigenvalue weighted by Crippen LogP contribution is -2.18. The first-order valence-electron chi connectivity index (χ1n) is 5.42. The molecule has 0 radical (unpaired) electrons. The highest BCUT2D eigenvalue weighted by Gasteiger charge is 2.19. The number of halogens is 3. The molecule has 0 saturated heterocycles. The summed E-state index contributed by atoms with van der Waals surface area (Å²) < 4.78 is 39.2. The SMILES string of the molecule is CCCCC(NC)c1ccc(F)c(F)c1F. The molecule has 0 aromatic heterocycles. The quantitative estimate of drug-likeness (QED) is 0.764. The summed E-state index contributed by atoms with van der Waals surface area (Å²) in [5.74, 6) is -3.63. The van der Waals surface area contributed by atoms with Crippen LogP contribution in [-0.4, -0.2) is 7.05 Å². The monoisotopic (exact) mass is 231 g/mol. The Bertz CT molecular complexity index is 352. The van der Waals surface area contributed by atoms with E-state index in [4.69, 9.17) is 0 Å². The summed E-state index contributed by atoms with van der Waals surface area (Å²) >= 11 is 0. The van der Waals surface area contributed by atoms with Crippen molar-refractivity contribution in [1.29, 1.82) is 0 Å². The summed E-state index contributed by atoms with van der Waals surface area (Å²) in [6, 6.07) is 1.99. The first kappa shape index (κ1) is 13.0. The van der Waals surface area contributed by atoms with Crippen molar-refractivity contribution in [3.63, 3.8) is 0 Å². The van der Waals surface area contributed by atoms with Gasteiger partial charge < -0.3 is 5.32 Å². The van der Waals surface area contributed by atoms with Gasteiger partial charge in [0.25, 0.3) is 0 Å². The summed E-state index contributed by atoms with van der Waals surface area (Å²) in [7, 11) is 1.68. The van der Waals surface area contributed by atoms with E-state index >= 15 is 0 Å². The third kappa shape index (κ3) is 2.76. The van der Waals surface area contributed by atoms with Gasteiger partial charge in [-0.1, -0.05) is 25.8 Å². The standard InChI is InChI=1S/C12H16F3N/c1-3-4-5-10(16-2)8-6-7-9(13)12(15)11(8)14/h6-7,10,16H,3-5H2,1-2H3. The van der Waals surface area contributed by atoms with Crippen LogP contribution in [-0.2, 0) is 0 Å². The van der Waals surface area contributed by atoms with E-state index in [0.29, 0.717) is 6.42 Å². The van der Waals surface area contributed by atoms with Crippen molar-refractivity contribution in [2.75, 3.05) is 7.05 Å². The molecule has 0 aliphatic carbocycles. The van der Waals surface area contributed by atoms with Crippen molar-refractivity contribution in [2.45, 2.75) is 32.2 Å². The molecular formula is C12H16F3N. The van der Waals surface area contributed by atoms with Crippen molar-refractivity contribution in [3.05, 3.63) is 35.1 Å². The molecule has 16 heavy (non-hydrogen) atoms. The Kier molecular flexibility index (Phi) is 4.80. The van der Waals surface area contributed by atoms with Gasteiger partial charge in [0.1, 0.15) is 0 Å². The summed E-state index contributed by atoms with van der Waals surface area (Å²) in [6.07, 6.45) is 2.59. The zero-order valence-corrected chi connectivity index (χ0v) is 9.49. The van der Waals surface area contributed by atoms with Gasteiger partial charge in [-0.3, -0.25) is 0 Å². The second-order valence-electron chi connectivity index (χ2n) is 3.75. The van der Waals surface area contributed by atoms with E-state index in [0.717, 1.165) is 18.9 Å². The molecule has 1 aromatic carbocycles. The lowest BCUT2D eigenvalue weighted by atomic mass is 10.0. The molecule has 0 amide bonds. The lowest BCUT2D eigenvalue weighted by molar-refractivity contribution is 0.421. The summed E-state index contributed by atoms with van der Waals surface area (Å²) in [4.78, 5) is 0. The second kappa shape index (κ2) is 5.89. The lowest BCUT2D eigenvalue weighted by Gasteiger charge is -2.17. The van der Waals surface area contributed by atoms with E-state index in [1.165, 1.54) is 6.07 Å². The van der Waals surface area contributed by atoms with Crippen LogP contribution in [0.1, 0.15) is 37.8 Å². The first-order chi connectivity index (χ1) is 7.61. The van der Waals surface area contributed by atoms with Crippen LogP contribution >= 0.6 is 0 Å². The Morgan fingerprint density at radius 3 is 2.44 bits per heavy atom. The zero-order valence-electron chi connectivity index (χ0n) is 9.49. The number of hydrogen-bond acceptors (Lipinski definition) is 1. The Hall–Kier alpha value is -1.03. The molecule has 1 aromatic rings. The van der Waals surface area contributed by atoms with Crippen LogP contribution in [0.5, 0.6) is 0 Å². The maximum Gasteiger partial charge on any atom is 0.194 e. The highest BCUT2D eigenvalue weighted by atomic mass is 19.2. The van der Waals surface area contributed by atoms with Gasteiger partial charge in [-0.2, -0.15) is 0 Å². The Balaban J connectivity index is 2.96. The van der Waals surface area contributed by atoms with E-state index in [1.54, 1.807) is 7.05 Å². The second-order valence-corrected chi connectivity index (χ2v) is 3.75. The van der Waals surface area contributed by atoms with Gasteiger partial charge in [0, 0.05) is 11.6 Å². The van der Waals surface area contributed by atoms with Crippen LogP contribution < -0.4 is 5.32 Å². The van der Waals surface area contributed by atoms with Crippen molar-refractivity contribution < 1.29 is 13.2 Å². The van der Waals surface area contributed by atoms with E-state index in [1.807, 2.05) is 6.92 Å². The number of rotatable bonds is 5. The normalized spacial score (nSPS) is 12.8. The van der Waals surface area contributed by atoms with Crippen LogP contribution in [0.25, 0.3) is 0 Å². The van der Waals surface area contributed by atoms with E-state index in [-0.39, 0.29) is 11.6 Å². The van der Waals surface area contributed by atoms with E-state index in [9.17, 15) is 13.2 Å². The number of hydrogen-bond donors (Lipinski definition) is 1. The van der Waals surface area contributed by atoms with E-state index in [2.05, 4.69) is 5.32 Å². The van der Waals surface area contributed by atoms with E-state index < -0.39 is 17.5 Å². The predicted octanol–water partition coefficient (Wildman–Crippen LogP) is 3.55. The summed E-state index contributed by atoms with van der Waals surface area (Å²) in [5, 5.41) is 2.91. The van der Waals surface area contributed by atoms with Gasteiger partial charge in [-0.25, -0.2) is 13.2 Å². The third-order valence-corrected chi connectivity index (χ3v) is 2.64. The molecule has 0 bridgehead atoms. The molecule has 1 unspecified atom stereocenters. The Labute approximate surface area is 93.7 Å². The number of nitrogens with one attached hydrogen (secondary N) is 1. The number of unbranched alkanes of at least 4 members (excludes halogenated alkanes) is 1. The largest absolute Gasteiger partial charge is 0.313 e. The van der Waals surface area contributed by atoms with Gasteiger partial charge >= 0.3 is 0 Å². The fourth-order valence-corrected chi connectivity index (χ4v) is 1.67. The molecule has 1 rings (SSSR count). The minimum atomic E-state index is -1.39. The van der Waals surface area contributed by atoms with Crippen molar-refractivity contribution in [1.82, 2.24) is 5.32 Å². The van der Waals surface area contributed by atoms with Gasteiger partial charge in [0.05, 0.1) is 0 Å². The fraction of sp³-hybridized carbons (Fsp3) is 0.500. The van der Waals surface area contributed by atoms with Gasteiger partial charge in [-0.05, 0) is 19.5 Å². The molecular weight excluding hydrogens is 215 g/mol. The minimum absolute atomic E-state index is 0.190. The van der Waals surface area contributed by atoms with Gasteiger partial charge in [-0.15, -0.1) is 0 Å². The first-order valence-corrected chi connectivity index (χ1v) is 5.42. The third-order valence-electron chi connectivity index (χ3n) is 2.64. The average molecular weight is 231 g/mol. The predicted molar refractivity (Wildman–Crippen MR) is 57.6 cm³/mol. The minimum Gasteiger partial charge on any atom is -0.313 e. The Morgan fingerprint density at radius 2 is 1.88 bits per heavy atom. The maximum atomic E-state index is 13.5. The molecule has 1 N–H and O–H groups in total. The smallest absolute Gasteiger partial charge is 0.194 e. The molecule has 0 spiro atoms. The van der Waals surface area contributed by atoms with Crippen LogP contribution in [0.4, 0.5) is 13.2 Å². The highest BCUT2D eigenvalue weighted by Crippen LogP contribution is 2.24. The molecule has 90 valence electrons. The van der Waals surface area contributed by atoms with Crippen LogP contribution in [0, 0.1) is 17.5 Å². The van der Waals surface area contributed by atoms with Crippen molar-refractivity contribution in [3.8, 4) is 0 Å². The van der Waals surface area contributed by atoms with Crippen LogP contribution in [0.15, 0.2) is 12.1 Å². The molecule has 4 heteroatoms. The zero-order chi connectivity index (χ0) is 12.1. The Morgan fingerprint density at radius 1 is 1.19 bits per heavy atom. The summed E-state index contributed by atoms with van der Waals surface area (Å²) in [5.41, 5.74) is 0.190. The maximum absolute atomic E-state index is 13.5. The molecule has 1 atom stereocenters. The molecule has 0 aliphatic rings. The van der Waals surface area contributed by atoms with Gasteiger partial charge in [0.15, 0.2) is 17.5 Å². The summed E-state index contributed by atoms with van der Waals surface area (Å²) in [6.45, 7) is 2.02. The molecule has 0 saturated carbocycles. The van der Waals surface area contributed by atoms with Crippen LogP contribution in [0.3, 0.4) is 0 Å². The highest BCUT2D eigenvalue weighted by molar-refractivity contribution is 5.23. The molecule has 0 aliphatic heterocycles. The molecule has 1 nitrogen and oxygen atoms in total. The van der Waals surface area contributed by atoms with Gasteiger partial charge in [0.2, 0.25) is 0 Å². The number of benzene rings is 1. The van der Waals surface area contributed by atoms with Crippen molar-refractivity contribution >= 4 is 0 Å².